The highest BCUT2D eigenvalue weighted by molar-refractivity contribution is 6.04. The number of piperidine rings is 1. The number of esters is 1. The van der Waals surface area contributed by atoms with Crippen LogP contribution in [0.4, 0.5) is 24.7 Å². The maximum absolute atomic E-state index is 13.2. The van der Waals surface area contributed by atoms with Gasteiger partial charge >= 0.3 is 12.1 Å². The largest absolute Gasteiger partial charge is 0.466 e. The first-order valence-electron chi connectivity index (χ1n) is 12.4. The van der Waals surface area contributed by atoms with Crippen LogP contribution in [0.1, 0.15) is 54.1 Å². The molecule has 9 heteroatoms. The Balaban J connectivity index is 1.41. The van der Waals surface area contributed by atoms with E-state index >= 15 is 0 Å². The van der Waals surface area contributed by atoms with Crippen molar-refractivity contribution in [1.82, 2.24) is 4.98 Å². The van der Waals surface area contributed by atoms with Crippen molar-refractivity contribution in [1.29, 1.82) is 0 Å². The highest BCUT2D eigenvalue weighted by Crippen LogP contribution is 2.36. The van der Waals surface area contributed by atoms with E-state index in [1.54, 1.807) is 37.3 Å². The molecule has 0 bridgehead atoms. The molecule has 0 atom stereocenters. The van der Waals surface area contributed by atoms with Crippen LogP contribution < -0.4 is 10.2 Å². The van der Waals surface area contributed by atoms with E-state index in [0.717, 1.165) is 11.4 Å². The zero-order valence-electron chi connectivity index (χ0n) is 20.9. The van der Waals surface area contributed by atoms with Gasteiger partial charge < -0.3 is 15.0 Å². The summed E-state index contributed by atoms with van der Waals surface area (Å²) in [6, 6.07) is 8.70. The zero-order chi connectivity index (χ0) is 26.6. The van der Waals surface area contributed by atoms with E-state index in [1.807, 2.05) is 6.92 Å². The van der Waals surface area contributed by atoms with Crippen molar-refractivity contribution in [3.8, 4) is 0 Å². The Morgan fingerprint density at radius 1 is 1.16 bits per heavy atom. The third kappa shape index (κ3) is 6.39. The summed E-state index contributed by atoms with van der Waals surface area (Å²) in [7, 11) is 0. The van der Waals surface area contributed by atoms with E-state index < -0.39 is 11.7 Å². The average molecular weight is 514 g/mol. The number of pyridine rings is 1. The summed E-state index contributed by atoms with van der Waals surface area (Å²) in [5, 5.41) is 2.83. The number of aryl methyl sites for hydroxylation is 1. The molecule has 37 heavy (non-hydrogen) atoms. The minimum atomic E-state index is -4.39. The number of halogens is 3. The second-order valence-corrected chi connectivity index (χ2v) is 9.27. The number of allylic oxidation sites excluding steroid dienone is 4. The number of benzene rings is 1. The fourth-order valence-electron chi connectivity index (χ4n) is 4.67. The van der Waals surface area contributed by atoms with Crippen LogP contribution in [0.25, 0.3) is 5.57 Å². The normalized spacial score (nSPS) is 16.6. The molecule has 4 rings (SSSR count). The van der Waals surface area contributed by atoms with Crippen LogP contribution in [0.15, 0.2) is 54.3 Å². The van der Waals surface area contributed by atoms with E-state index in [1.165, 1.54) is 18.3 Å². The van der Waals surface area contributed by atoms with Gasteiger partial charge in [-0.25, -0.2) is 4.98 Å². The number of ether oxygens (including phenoxy) is 1. The van der Waals surface area contributed by atoms with Crippen molar-refractivity contribution < 1.29 is 27.5 Å². The van der Waals surface area contributed by atoms with Gasteiger partial charge in [0.1, 0.15) is 5.82 Å². The Morgan fingerprint density at radius 3 is 2.57 bits per heavy atom. The Labute approximate surface area is 214 Å². The number of nitrogens with zero attached hydrogens (tertiary/aromatic N) is 2. The van der Waals surface area contributed by atoms with E-state index in [2.05, 4.69) is 15.2 Å². The van der Waals surface area contributed by atoms with Gasteiger partial charge in [0, 0.05) is 25.0 Å². The molecule has 1 N–H and O–H groups in total. The number of carbonyl (C=O) groups is 2. The lowest BCUT2D eigenvalue weighted by molar-refractivity contribution is -0.148. The van der Waals surface area contributed by atoms with Crippen LogP contribution in [0.3, 0.4) is 0 Å². The molecule has 196 valence electrons. The second-order valence-electron chi connectivity index (χ2n) is 9.27. The number of anilines is 2. The zero-order valence-corrected chi connectivity index (χ0v) is 20.9. The van der Waals surface area contributed by atoms with Crippen molar-refractivity contribution in [2.45, 2.75) is 45.7 Å². The lowest BCUT2D eigenvalue weighted by atomic mass is 9.90. The minimum Gasteiger partial charge on any atom is -0.466 e. The number of nitrogens with one attached hydrogen (secondary N) is 1. The Bertz CT molecular complexity index is 1210. The Morgan fingerprint density at radius 2 is 1.92 bits per heavy atom. The molecule has 1 amide bonds. The molecule has 1 aliphatic heterocycles. The third-order valence-corrected chi connectivity index (χ3v) is 6.73. The number of aromatic nitrogens is 1. The molecule has 2 aromatic rings. The summed E-state index contributed by atoms with van der Waals surface area (Å²) >= 11 is 0. The molecule has 1 aromatic heterocycles. The fraction of sp³-hybridized carbons (Fsp3) is 0.393. The number of hydrogen-bond donors (Lipinski definition) is 1. The fourth-order valence-corrected chi connectivity index (χ4v) is 4.67. The summed E-state index contributed by atoms with van der Waals surface area (Å²) in [6.07, 6.45) is 1.71. The first-order valence-corrected chi connectivity index (χ1v) is 12.4. The standard InChI is InChI=1S/C28H30F3N3O3/c1-3-37-27(36)19-11-13-34(14-12-19)25-10-8-21(17-32-25)26(35)33-23-9-7-18(2)24(16-23)20-5-4-6-22(15-20)28(29,30)31/h6-10,15-17,19H,3-5,11-14H2,1-2H3,(H,33,35). The molecule has 1 saturated heterocycles. The van der Waals surface area contributed by atoms with Crippen molar-refractivity contribution in [3.63, 3.8) is 0 Å². The van der Waals surface area contributed by atoms with Gasteiger partial charge in [-0.05, 0) is 86.6 Å². The SMILES string of the molecule is CCOC(=O)C1CCN(c2ccc(C(=O)Nc3ccc(C)c(C4=CC(C(F)(F)F)=CCC4)c3)cn2)CC1. The molecule has 0 saturated carbocycles. The van der Waals surface area contributed by atoms with Gasteiger partial charge in [-0.1, -0.05) is 12.1 Å². The predicted molar refractivity (Wildman–Crippen MR) is 136 cm³/mol. The van der Waals surface area contributed by atoms with E-state index in [0.29, 0.717) is 67.8 Å². The van der Waals surface area contributed by atoms with Gasteiger partial charge in [-0.2, -0.15) is 13.2 Å². The summed E-state index contributed by atoms with van der Waals surface area (Å²) < 4.78 is 44.7. The summed E-state index contributed by atoms with van der Waals surface area (Å²) in [4.78, 5) is 31.3. The molecule has 1 aliphatic carbocycles. The molecular weight excluding hydrogens is 483 g/mol. The van der Waals surface area contributed by atoms with Crippen molar-refractivity contribution in [3.05, 3.63) is 70.9 Å². The van der Waals surface area contributed by atoms with E-state index in [9.17, 15) is 22.8 Å². The van der Waals surface area contributed by atoms with Gasteiger partial charge in [0.15, 0.2) is 0 Å². The third-order valence-electron chi connectivity index (χ3n) is 6.73. The number of amides is 1. The molecule has 1 fully saturated rings. The molecular formula is C28H30F3N3O3. The second kappa shape index (κ2) is 11.2. The van der Waals surface area contributed by atoms with Crippen LogP contribution >= 0.6 is 0 Å². The van der Waals surface area contributed by atoms with Gasteiger partial charge in [0.25, 0.3) is 5.91 Å². The monoisotopic (exact) mass is 513 g/mol. The van der Waals surface area contributed by atoms with Crippen LogP contribution in [0.5, 0.6) is 0 Å². The number of rotatable bonds is 6. The molecule has 0 radical (unpaired) electrons. The molecule has 6 nitrogen and oxygen atoms in total. The average Bonchev–Trinajstić information content (AvgIpc) is 2.89. The van der Waals surface area contributed by atoms with Crippen molar-refractivity contribution in [2.75, 3.05) is 29.9 Å². The molecule has 0 spiro atoms. The quantitative estimate of drug-likeness (QED) is 0.474. The topological polar surface area (TPSA) is 71.5 Å². The molecule has 2 heterocycles. The first kappa shape index (κ1) is 26.4. The van der Waals surface area contributed by atoms with Crippen molar-refractivity contribution in [2.24, 2.45) is 5.92 Å². The smallest absolute Gasteiger partial charge is 0.416 e. The van der Waals surface area contributed by atoms with E-state index in [-0.39, 0.29) is 17.8 Å². The minimum absolute atomic E-state index is 0.0962. The Kier molecular flexibility index (Phi) is 8.00. The van der Waals surface area contributed by atoms with E-state index in [4.69, 9.17) is 4.74 Å². The van der Waals surface area contributed by atoms with Crippen LogP contribution in [-0.4, -0.2) is 42.7 Å². The van der Waals surface area contributed by atoms with Gasteiger partial charge in [0.2, 0.25) is 0 Å². The molecule has 2 aliphatic rings. The highest BCUT2D eigenvalue weighted by atomic mass is 19.4. The van der Waals surface area contributed by atoms with Crippen LogP contribution in [0.2, 0.25) is 0 Å². The van der Waals surface area contributed by atoms with Crippen molar-refractivity contribution >= 4 is 29.0 Å². The summed E-state index contributed by atoms with van der Waals surface area (Å²) in [6.45, 7) is 5.36. The maximum atomic E-state index is 13.2. The van der Waals surface area contributed by atoms with Crippen LogP contribution in [0, 0.1) is 12.8 Å². The number of carbonyl (C=O) groups excluding carboxylic acids is 2. The Hall–Kier alpha value is -3.62. The lowest BCUT2D eigenvalue weighted by Crippen LogP contribution is -2.37. The molecule has 1 aromatic carbocycles. The van der Waals surface area contributed by atoms with Gasteiger partial charge in [0.05, 0.1) is 23.7 Å². The summed E-state index contributed by atoms with van der Waals surface area (Å²) in [5.74, 6) is 0.122. The highest BCUT2D eigenvalue weighted by Gasteiger charge is 2.33. The van der Waals surface area contributed by atoms with Crippen LogP contribution in [-0.2, 0) is 9.53 Å². The van der Waals surface area contributed by atoms with Gasteiger partial charge in [-0.3, -0.25) is 9.59 Å². The number of hydrogen-bond acceptors (Lipinski definition) is 5. The molecule has 0 unspecified atom stereocenters. The lowest BCUT2D eigenvalue weighted by Gasteiger charge is -2.31. The predicted octanol–water partition coefficient (Wildman–Crippen LogP) is 6.09. The first-order chi connectivity index (χ1) is 17.7. The number of alkyl halides is 3. The summed E-state index contributed by atoms with van der Waals surface area (Å²) in [5.41, 5.74) is 2.35. The van der Waals surface area contributed by atoms with Gasteiger partial charge in [-0.15, -0.1) is 0 Å². The maximum Gasteiger partial charge on any atom is 0.416 e.